The second-order valence-corrected chi connectivity index (χ2v) is 7.23. The Kier molecular flexibility index (Phi) is 6.31. The van der Waals surface area contributed by atoms with Crippen LogP contribution in [0.4, 0.5) is 0 Å². The van der Waals surface area contributed by atoms with Crippen LogP contribution in [0.3, 0.4) is 0 Å². The Hall–Kier alpha value is -0.120. The lowest BCUT2D eigenvalue weighted by atomic mass is 9.84. The highest BCUT2D eigenvalue weighted by Crippen LogP contribution is 2.34. The van der Waals surface area contributed by atoms with Crippen LogP contribution in [0.25, 0.3) is 0 Å². The predicted molar refractivity (Wildman–Crippen MR) is 83.0 cm³/mol. The van der Waals surface area contributed by atoms with Gasteiger partial charge in [-0.15, -0.1) is 0 Å². The molecule has 1 spiro atoms. The van der Waals surface area contributed by atoms with Crippen molar-refractivity contribution in [3.63, 3.8) is 0 Å². The van der Waals surface area contributed by atoms with Gasteiger partial charge in [0.1, 0.15) is 0 Å². The predicted octanol–water partition coefficient (Wildman–Crippen LogP) is 3.52. The summed E-state index contributed by atoms with van der Waals surface area (Å²) in [7, 11) is 0. The number of hydrogen-bond acceptors (Lipinski definition) is 3. The highest BCUT2D eigenvalue weighted by atomic mass is 16.5. The fourth-order valence-corrected chi connectivity index (χ4v) is 3.58. The van der Waals surface area contributed by atoms with Gasteiger partial charge < -0.3 is 14.8 Å². The summed E-state index contributed by atoms with van der Waals surface area (Å²) in [6.45, 7) is 9.62. The molecule has 3 nitrogen and oxygen atoms in total. The van der Waals surface area contributed by atoms with E-state index in [1.165, 1.54) is 25.7 Å². The van der Waals surface area contributed by atoms with E-state index in [0.29, 0.717) is 12.1 Å². The third-order valence-corrected chi connectivity index (χ3v) is 4.84. The van der Waals surface area contributed by atoms with Crippen molar-refractivity contribution in [2.45, 2.75) is 83.4 Å². The zero-order valence-electron chi connectivity index (χ0n) is 13.6. The van der Waals surface area contributed by atoms with Crippen LogP contribution in [-0.4, -0.2) is 37.5 Å². The molecular formula is C17H33NO2. The van der Waals surface area contributed by atoms with Crippen LogP contribution >= 0.6 is 0 Å². The largest absolute Gasteiger partial charge is 0.381 e. The van der Waals surface area contributed by atoms with Crippen LogP contribution in [0.2, 0.25) is 0 Å². The van der Waals surface area contributed by atoms with E-state index in [9.17, 15) is 0 Å². The molecule has 2 fully saturated rings. The molecule has 20 heavy (non-hydrogen) atoms. The first-order valence-electron chi connectivity index (χ1n) is 8.57. The Morgan fingerprint density at radius 1 is 1.10 bits per heavy atom. The number of hydrogen-bond donors (Lipinski definition) is 1. The SMILES string of the molecule is CC(C)CCCC(C)NC1CCOC2(CCOCC2)C1. The van der Waals surface area contributed by atoms with E-state index in [1.807, 2.05) is 0 Å². The average molecular weight is 283 g/mol. The van der Waals surface area contributed by atoms with Gasteiger partial charge in [-0.25, -0.2) is 0 Å². The molecular weight excluding hydrogens is 250 g/mol. The summed E-state index contributed by atoms with van der Waals surface area (Å²) in [6, 6.07) is 1.27. The molecule has 0 saturated carbocycles. The smallest absolute Gasteiger partial charge is 0.0741 e. The lowest BCUT2D eigenvalue weighted by Gasteiger charge is -2.44. The Morgan fingerprint density at radius 2 is 1.85 bits per heavy atom. The minimum atomic E-state index is 0.117. The van der Waals surface area contributed by atoms with Gasteiger partial charge in [-0.05, 0) is 44.9 Å². The third kappa shape index (κ3) is 5.01. The van der Waals surface area contributed by atoms with E-state index in [-0.39, 0.29) is 5.60 Å². The third-order valence-electron chi connectivity index (χ3n) is 4.84. The van der Waals surface area contributed by atoms with Crippen molar-refractivity contribution in [3.05, 3.63) is 0 Å². The normalized spacial score (nSPS) is 27.9. The fraction of sp³-hybridized carbons (Fsp3) is 1.00. The Balaban J connectivity index is 1.72. The second-order valence-electron chi connectivity index (χ2n) is 7.23. The summed E-state index contributed by atoms with van der Waals surface area (Å²) in [5.74, 6) is 0.829. The van der Waals surface area contributed by atoms with E-state index in [1.54, 1.807) is 0 Å². The summed E-state index contributed by atoms with van der Waals surface area (Å²) in [4.78, 5) is 0. The molecule has 0 aromatic carbocycles. The van der Waals surface area contributed by atoms with Crippen molar-refractivity contribution in [3.8, 4) is 0 Å². The van der Waals surface area contributed by atoms with Gasteiger partial charge in [0.2, 0.25) is 0 Å². The molecule has 0 aromatic rings. The number of nitrogens with one attached hydrogen (secondary N) is 1. The summed E-state index contributed by atoms with van der Waals surface area (Å²) < 4.78 is 11.6. The monoisotopic (exact) mass is 283 g/mol. The zero-order chi connectivity index (χ0) is 14.4. The molecule has 118 valence electrons. The topological polar surface area (TPSA) is 30.5 Å². The molecule has 2 unspecified atom stereocenters. The Bertz CT molecular complexity index is 269. The Morgan fingerprint density at radius 3 is 2.55 bits per heavy atom. The van der Waals surface area contributed by atoms with Gasteiger partial charge in [0.05, 0.1) is 5.60 Å². The lowest BCUT2D eigenvalue weighted by molar-refractivity contribution is -0.140. The van der Waals surface area contributed by atoms with Gasteiger partial charge in [0, 0.05) is 31.9 Å². The van der Waals surface area contributed by atoms with Crippen molar-refractivity contribution in [1.29, 1.82) is 0 Å². The van der Waals surface area contributed by atoms with Crippen LogP contribution in [0.5, 0.6) is 0 Å². The molecule has 0 aromatic heterocycles. The first kappa shape index (κ1) is 16.3. The quantitative estimate of drug-likeness (QED) is 0.809. The van der Waals surface area contributed by atoms with Crippen molar-refractivity contribution < 1.29 is 9.47 Å². The van der Waals surface area contributed by atoms with Crippen molar-refractivity contribution in [2.75, 3.05) is 19.8 Å². The van der Waals surface area contributed by atoms with Crippen molar-refractivity contribution in [1.82, 2.24) is 5.32 Å². The standard InChI is InChI=1S/C17H33NO2/c1-14(2)5-4-6-15(3)18-16-7-10-20-17(13-16)8-11-19-12-9-17/h14-16,18H,4-13H2,1-3H3. The van der Waals surface area contributed by atoms with Crippen LogP contribution in [0.15, 0.2) is 0 Å². The highest BCUT2D eigenvalue weighted by molar-refractivity contribution is 4.92. The molecule has 2 aliphatic rings. The van der Waals surface area contributed by atoms with Crippen LogP contribution in [0, 0.1) is 5.92 Å². The summed E-state index contributed by atoms with van der Waals surface area (Å²) in [6.07, 6.45) is 8.47. The van der Waals surface area contributed by atoms with Gasteiger partial charge in [-0.2, -0.15) is 0 Å². The molecule has 0 bridgehead atoms. The van der Waals surface area contributed by atoms with E-state index in [4.69, 9.17) is 9.47 Å². The minimum Gasteiger partial charge on any atom is -0.381 e. The molecule has 2 rings (SSSR count). The first-order valence-corrected chi connectivity index (χ1v) is 8.57. The number of rotatable bonds is 6. The number of ether oxygens (including phenoxy) is 2. The Labute approximate surface area is 124 Å². The average Bonchev–Trinajstić information content (AvgIpc) is 2.39. The van der Waals surface area contributed by atoms with Gasteiger partial charge in [-0.3, -0.25) is 0 Å². The van der Waals surface area contributed by atoms with Crippen LogP contribution < -0.4 is 5.32 Å². The van der Waals surface area contributed by atoms with E-state index in [2.05, 4.69) is 26.1 Å². The molecule has 2 heterocycles. The van der Waals surface area contributed by atoms with E-state index < -0.39 is 0 Å². The van der Waals surface area contributed by atoms with E-state index in [0.717, 1.165) is 45.0 Å². The van der Waals surface area contributed by atoms with E-state index >= 15 is 0 Å². The molecule has 2 aliphatic heterocycles. The van der Waals surface area contributed by atoms with Crippen molar-refractivity contribution >= 4 is 0 Å². The summed E-state index contributed by atoms with van der Waals surface area (Å²) in [5, 5.41) is 3.84. The maximum absolute atomic E-state index is 6.11. The summed E-state index contributed by atoms with van der Waals surface area (Å²) in [5.41, 5.74) is 0.117. The van der Waals surface area contributed by atoms with Gasteiger partial charge >= 0.3 is 0 Å². The second kappa shape index (κ2) is 7.77. The summed E-state index contributed by atoms with van der Waals surface area (Å²) >= 11 is 0. The minimum absolute atomic E-state index is 0.117. The maximum atomic E-state index is 6.11. The van der Waals surface area contributed by atoms with Crippen molar-refractivity contribution in [2.24, 2.45) is 5.92 Å². The first-order chi connectivity index (χ1) is 9.60. The zero-order valence-corrected chi connectivity index (χ0v) is 13.6. The van der Waals surface area contributed by atoms with Crippen LogP contribution in [0.1, 0.15) is 65.7 Å². The molecule has 2 atom stereocenters. The molecule has 0 amide bonds. The van der Waals surface area contributed by atoms with Gasteiger partial charge in [0.15, 0.2) is 0 Å². The van der Waals surface area contributed by atoms with Crippen LogP contribution in [-0.2, 0) is 9.47 Å². The molecule has 3 heteroatoms. The van der Waals surface area contributed by atoms with Gasteiger partial charge in [0.25, 0.3) is 0 Å². The lowest BCUT2D eigenvalue weighted by Crippen LogP contribution is -2.51. The molecule has 1 N–H and O–H groups in total. The molecule has 2 saturated heterocycles. The fourth-order valence-electron chi connectivity index (χ4n) is 3.58. The van der Waals surface area contributed by atoms with Gasteiger partial charge in [-0.1, -0.05) is 26.7 Å². The molecule has 0 aliphatic carbocycles. The molecule has 0 radical (unpaired) electrons. The maximum Gasteiger partial charge on any atom is 0.0741 e. The highest BCUT2D eigenvalue weighted by Gasteiger charge is 2.39.